The molecule has 0 bridgehead atoms. The third kappa shape index (κ3) is 2.22. The van der Waals surface area contributed by atoms with E-state index >= 15 is 0 Å². The molecular weight excluding hydrogens is 218 g/mol. The standard InChI is InChI=1S/C12H15N3O2/c1-7-4-5-8-9(6-7)15-10(14-8)12(2,3)17-11(13)16/h4-6H,1-3H3,(H2,13,16)(H,14,15). The van der Waals surface area contributed by atoms with Crippen molar-refractivity contribution in [2.45, 2.75) is 26.4 Å². The molecule has 1 heterocycles. The van der Waals surface area contributed by atoms with Gasteiger partial charge in [-0.15, -0.1) is 0 Å². The number of primary amides is 1. The molecule has 2 aromatic rings. The van der Waals surface area contributed by atoms with Gasteiger partial charge in [0.25, 0.3) is 0 Å². The van der Waals surface area contributed by atoms with Gasteiger partial charge in [-0.2, -0.15) is 0 Å². The third-order valence-electron chi connectivity index (χ3n) is 2.56. The van der Waals surface area contributed by atoms with Gasteiger partial charge in [0.15, 0.2) is 11.4 Å². The highest BCUT2D eigenvalue weighted by molar-refractivity contribution is 5.76. The van der Waals surface area contributed by atoms with E-state index in [9.17, 15) is 4.79 Å². The van der Waals surface area contributed by atoms with E-state index in [0.717, 1.165) is 16.6 Å². The van der Waals surface area contributed by atoms with Crippen molar-refractivity contribution in [1.82, 2.24) is 9.97 Å². The number of nitrogens with zero attached hydrogens (tertiary/aromatic N) is 1. The van der Waals surface area contributed by atoms with Crippen LogP contribution in [0.1, 0.15) is 25.2 Å². The number of carbonyl (C=O) groups excluding carboxylic acids is 1. The maximum Gasteiger partial charge on any atom is 0.405 e. The summed E-state index contributed by atoms with van der Waals surface area (Å²) in [4.78, 5) is 18.3. The van der Waals surface area contributed by atoms with Crippen molar-refractivity contribution < 1.29 is 9.53 Å². The first-order valence-electron chi connectivity index (χ1n) is 5.34. The lowest BCUT2D eigenvalue weighted by Gasteiger charge is -2.20. The zero-order valence-electron chi connectivity index (χ0n) is 10.1. The normalized spacial score (nSPS) is 11.7. The van der Waals surface area contributed by atoms with Crippen LogP contribution in [0.3, 0.4) is 0 Å². The third-order valence-corrected chi connectivity index (χ3v) is 2.56. The van der Waals surface area contributed by atoms with Gasteiger partial charge in [0.1, 0.15) is 0 Å². The Labute approximate surface area is 99.0 Å². The van der Waals surface area contributed by atoms with Gasteiger partial charge in [0.2, 0.25) is 0 Å². The maximum absolute atomic E-state index is 10.8. The first-order chi connectivity index (χ1) is 7.88. The summed E-state index contributed by atoms with van der Waals surface area (Å²) < 4.78 is 5.03. The van der Waals surface area contributed by atoms with Gasteiger partial charge in [-0.05, 0) is 38.5 Å². The molecule has 0 aliphatic carbocycles. The molecule has 5 nitrogen and oxygen atoms in total. The minimum atomic E-state index is -0.862. The molecule has 1 aromatic carbocycles. The average molecular weight is 233 g/mol. The fourth-order valence-corrected chi connectivity index (χ4v) is 1.71. The summed E-state index contributed by atoms with van der Waals surface area (Å²) >= 11 is 0. The van der Waals surface area contributed by atoms with Crippen LogP contribution in [0, 0.1) is 6.92 Å². The van der Waals surface area contributed by atoms with Crippen molar-refractivity contribution in [3.8, 4) is 0 Å². The number of fused-ring (bicyclic) bond motifs is 1. The zero-order valence-corrected chi connectivity index (χ0v) is 10.1. The van der Waals surface area contributed by atoms with E-state index in [1.165, 1.54) is 0 Å². The lowest BCUT2D eigenvalue weighted by molar-refractivity contribution is 0.0372. The van der Waals surface area contributed by atoms with Crippen LogP contribution in [0.25, 0.3) is 11.0 Å². The summed E-state index contributed by atoms with van der Waals surface area (Å²) in [6.07, 6.45) is -0.813. The monoisotopic (exact) mass is 233 g/mol. The van der Waals surface area contributed by atoms with Crippen LogP contribution in [-0.2, 0) is 10.3 Å². The lowest BCUT2D eigenvalue weighted by atomic mass is 10.1. The molecular formula is C12H15N3O2. The number of benzene rings is 1. The molecule has 90 valence electrons. The van der Waals surface area contributed by atoms with Crippen LogP contribution in [0.2, 0.25) is 0 Å². The van der Waals surface area contributed by atoms with Gasteiger partial charge in [-0.25, -0.2) is 9.78 Å². The Bertz CT molecular complexity index is 572. The Morgan fingerprint density at radius 2 is 2.18 bits per heavy atom. The van der Waals surface area contributed by atoms with Crippen LogP contribution >= 0.6 is 0 Å². The number of H-pyrrole nitrogens is 1. The number of carbonyl (C=O) groups is 1. The number of aromatic amines is 1. The van der Waals surface area contributed by atoms with Gasteiger partial charge >= 0.3 is 6.09 Å². The van der Waals surface area contributed by atoms with Crippen molar-refractivity contribution in [3.63, 3.8) is 0 Å². The first-order valence-corrected chi connectivity index (χ1v) is 5.34. The summed E-state index contributed by atoms with van der Waals surface area (Å²) in [6.45, 7) is 5.48. The van der Waals surface area contributed by atoms with Gasteiger partial charge in [0, 0.05) is 0 Å². The number of imidazole rings is 1. The van der Waals surface area contributed by atoms with Crippen molar-refractivity contribution in [2.24, 2.45) is 5.73 Å². The number of hydrogen-bond acceptors (Lipinski definition) is 3. The molecule has 0 aliphatic heterocycles. The molecule has 1 amide bonds. The number of rotatable bonds is 2. The summed E-state index contributed by atoms with van der Waals surface area (Å²) in [7, 11) is 0. The maximum atomic E-state index is 10.8. The second kappa shape index (κ2) is 3.76. The first kappa shape index (κ1) is 11.4. The number of nitrogens with one attached hydrogen (secondary N) is 1. The molecule has 0 aliphatic rings. The van der Waals surface area contributed by atoms with Crippen LogP contribution < -0.4 is 5.73 Å². The van der Waals surface area contributed by atoms with Crippen LogP contribution in [-0.4, -0.2) is 16.1 Å². The molecule has 2 rings (SSSR count). The molecule has 1 aromatic heterocycles. The Morgan fingerprint density at radius 3 is 2.82 bits per heavy atom. The van der Waals surface area contributed by atoms with Crippen molar-refractivity contribution >= 4 is 17.1 Å². The molecule has 3 N–H and O–H groups in total. The number of amides is 1. The SMILES string of the molecule is Cc1ccc2nc(C(C)(C)OC(N)=O)[nH]c2c1. The molecule has 5 heteroatoms. The fraction of sp³-hybridized carbons (Fsp3) is 0.333. The predicted octanol–water partition coefficient (Wildman–Crippen LogP) is 2.20. The number of hydrogen-bond donors (Lipinski definition) is 2. The van der Waals surface area contributed by atoms with E-state index in [-0.39, 0.29) is 0 Å². The summed E-state index contributed by atoms with van der Waals surface area (Å²) in [5, 5.41) is 0. The second-order valence-electron chi connectivity index (χ2n) is 4.54. The van der Waals surface area contributed by atoms with Crippen LogP contribution in [0.4, 0.5) is 4.79 Å². The van der Waals surface area contributed by atoms with E-state index in [0.29, 0.717) is 5.82 Å². The molecule has 0 unspecified atom stereocenters. The van der Waals surface area contributed by atoms with Crippen molar-refractivity contribution in [1.29, 1.82) is 0 Å². The number of ether oxygens (including phenoxy) is 1. The molecule has 0 radical (unpaired) electrons. The second-order valence-corrected chi connectivity index (χ2v) is 4.54. The van der Waals surface area contributed by atoms with Crippen molar-refractivity contribution in [3.05, 3.63) is 29.6 Å². The largest absolute Gasteiger partial charge is 0.436 e. The van der Waals surface area contributed by atoms with Crippen LogP contribution in [0.5, 0.6) is 0 Å². The van der Waals surface area contributed by atoms with E-state index in [1.807, 2.05) is 25.1 Å². The van der Waals surface area contributed by atoms with Crippen molar-refractivity contribution in [2.75, 3.05) is 0 Å². The number of aromatic nitrogens is 2. The van der Waals surface area contributed by atoms with E-state index < -0.39 is 11.7 Å². The predicted molar refractivity (Wildman–Crippen MR) is 64.5 cm³/mol. The lowest BCUT2D eigenvalue weighted by Crippen LogP contribution is -2.29. The topological polar surface area (TPSA) is 81.0 Å². The summed E-state index contributed by atoms with van der Waals surface area (Å²) in [5.74, 6) is 0.580. The zero-order chi connectivity index (χ0) is 12.6. The Morgan fingerprint density at radius 1 is 1.47 bits per heavy atom. The highest BCUT2D eigenvalue weighted by Gasteiger charge is 2.28. The molecule has 0 spiro atoms. The minimum Gasteiger partial charge on any atom is -0.436 e. The van der Waals surface area contributed by atoms with Gasteiger partial charge in [-0.1, -0.05) is 6.07 Å². The Hall–Kier alpha value is -2.04. The fourth-order valence-electron chi connectivity index (χ4n) is 1.71. The summed E-state index contributed by atoms with van der Waals surface area (Å²) in [6, 6.07) is 5.89. The minimum absolute atomic E-state index is 0.580. The molecule has 0 saturated heterocycles. The van der Waals surface area contributed by atoms with Gasteiger partial charge < -0.3 is 15.5 Å². The van der Waals surface area contributed by atoms with Gasteiger partial charge in [0.05, 0.1) is 11.0 Å². The highest BCUT2D eigenvalue weighted by Crippen LogP contribution is 2.24. The molecule has 17 heavy (non-hydrogen) atoms. The Kier molecular flexibility index (Phi) is 2.53. The van der Waals surface area contributed by atoms with E-state index in [2.05, 4.69) is 9.97 Å². The van der Waals surface area contributed by atoms with Crippen LogP contribution in [0.15, 0.2) is 18.2 Å². The number of aryl methyl sites for hydroxylation is 1. The van der Waals surface area contributed by atoms with E-state index in [4.69, 9.17) is 10.5 Å². The molecule has 0 atom stereocenters. The smallest absolute Gasteiger partial charge is 0.405 e. The molecule has 0 saturated carbocycles. The van der Waals surface area contributed by atoms with Gasteiger partial charge in [-0.3, -0.25) is 0 Å². The number of nitrogens with two attached hydrogens (primary N) is 1. The molecule has 0 fully saturated rings. The average Bonchev–Trinajstić information content (AvgIpc) is 2.58. The summed E-state index contributed by atoms with van der Waals surface area (Å²) in [5.41, 5.74) is 7.07. The highest BCUT2D eigenvalue weighted by atomic mass is 16.6. The Balaban J connectivity index is 2.45. The quantitative estimate of drug-likeness (QED) is 0.834. The van der Waals surface area contributed by atoms with E-state index in [1.54, 1.807) is 13.8 Å².